The molecule has 0 aliphatic heterocycles. The fourth-order valence-corrected chi connectivity index (χ4v) is 3.42. The van der Waals surface area contributed by atoms with Crippen LogP contribution in [0, 0.1) is 5.82 Å². The first-order chi connectivity index (χ1) is 13.2. The summed E-state index contributed by atoms with van der Waals surface area (Å²) >= 11 is 1.35. The SMILES string of the molecule is O=C(Nc1ccccc1-c1csc(-c2ccccc2F)n1)c1cnccn1. The molecule has 1 N–H and O–H groups in total. The maximum absolute atomic E-state index is 14.0. The third kappa shape index (κ3) is 3.58. The molecule has 0 saturated heterocycles. The van der Waals surface area contributed by atoms with E-state index < -0.39 is 0 Å². The highest BCUT2D eigenvalue weighted by atomic mass is 32.1. The number of aromatic nitrogens is 3. The van der Waals surface area contributed by atoms with Crippen molar-refractivity contribution in [1.29, 1.82) is 0 Å². The maximum atomic E-state index is 14.0. The fourth-order valence-electron chi connectivity index (χ4n) is 2.57. The fraction of sp³-hybridized carbons (Fsp3) is 0. The molecular weight excluding hydrogens is 363 g/mol. The van der Waals surface area contributed by atoms with Gasteiger partial charge in [0.15, 0.2) is 0 Å². The second-order valence-electron chi connectivity index (χ2n) is 5.61. The number of nitrogens with one attached hydrogen (secondary N) is 1. The zero-order valence-electron chi connectivity index (χ0n) is 14.0. The van der Waals surface area contributed by atoms with Crippen LogP contribution >= 0.6 is 11.3 Å². The maximum Gasteiger partial charge on any atom is 0.275 e. The molecule has 2 aromatic heterocycles. The van der Waals surface area contributed by atoms with Gasteiger partial charge in [-0.15, -0.1) is 11.3 Å². The number of para-hydroxylation sites is 1. The van der Waals surface area contributed by atoms with E-state index in [0.29, 0.717) is 22.0 Å². The summed E-state index contributed by atoms with van der Waals surface area (Å²) in [6, 6.07) is 13.8. The normalized spacial score (nSPS) is 10.6. The van der Waals surface area contributed by atoms with Gasteiger partial charge in [0.05, 0.1) is 17.6 Å². The standard InChI is InChI=1S/C20H13FN4OS/c21-15-7-3-1-5-13(15)20-25-18(12-27-20)14-6-2-4-8-16(14)24-19(26)17-11-22-9-10-23-17/h1-12H,(H,24,26). The van der Waals surface area contributed by atoms with Crippen LogP contribution in [0.5, 0.6) is 0 Å². The van der Waals surface area contributed by atoms with E-state index in [4.69, 9.17) is 0 Å². The number of benzene rings is 2. The van der Waals surface area contributed by atoms with Crippen molar-refractivity contribution in [2.45, 2.75) is 0 Å². The largest absolute Gasteiger partial charge is 0.320 e. The summed E-state index contributed by atoms with van der Waals surface area (Å²) in [6.07, 6.45) is 4.36. The van der Waals surface area contributed by atoms with Gasteiger partial charge in [0.1, 0.15) is 16.5 Å². The number of halogens is 1. The lowest BCUT2D eigenvalue weighted by Crippen LogP contribution is -2.14. The van der Waals surface area contributed by atoms with E-state index in [-0.39, 0.29) is 17.4 Å². The Hall–Kier alpha value is -3.45. The van der Waals surface area contributed by atoms with Gasteiger partial charge in [-0.05, 0) is 18.2 Å². The Morgan fingerprint density at radius 2 is 1.78 bits per heavy atom. The van der Waals surface area contributed by atoms with Crippen LogP contribution in [0.25, 0.3) is 21.8 Å². The molecule has 132 valence electrons. The van der Waals surface area contributed by atoms with Gasteiger partial charge in [-0.1, -0.05) is 30.3 Å². The van der Waals surface area contributed by atoms with Crippen molar-refractivity contribution in [2.75, 3.05) is 5.32 Å². The van der Waals surface area contributed by atoms with Crippen LogP contribution in [-0.4, -0.2) is 20.9 Å². The van der Waals surface area contributed by atoms with Gasteiger partial charge in [-0.2, -0.15) is 0 Å². The van der Waals surface area contributed by atoms with Crippen molar-refractivity contribution in [3.8, 4) is 21.8 Å². The van der Waals surface area contributed by atoms with Gasteiger partial charge in [0.25, 0.3) is 5.91 Å². The number of nitrogens with zero attached hydrogens (tertiary/aromatic N) is 3. The summed E-state index contributed by atoms with van der Waals surface area (Å²) in [4.78, 5) is 24.8. The van der Waals surface area contributed by atoms with E-state index in [1.807, 2.05) is 23.6 Å². The Bertz CT molecular complexity index is 1100. The molecule has 0 aliphatic carbocycles. The quantitative estimate of drug-likeness (QED) is 0.563. The highest BCUT2D eigenvalue weighted by Crippen LogP contribution is 2.33. The molecule has 2 aromatic carbocycles. The van der Waals surface area contributed by atoms with Crippen molar-refractivity contribution in [1.82, 2.24) is 15.0 Å². The second kappa shape index (κ2) is 7.43. The van der Waals surface area contributed by atoms with Crippen LogP contribution in [0.4, 0.5) is 10.1 Å². The molecule has 5 nitrogen and oxygen atoms in total. The lowest BCUT2D eigenvalue weighted by Gasteiger charge is -2.09. The third-order valence-electron chi connectivity index (χ3n) is 3.86. The monoisotopic (exact) mass is 376 g/mol. The van der Waals surface area contributed by atoms with Crippen molar-refractivity contribution in [3.63, 3.8) is 0 Å². The van der Waals surface area contributed by atoms with Crippen molar-refractivity contribution < 1.29 is 9.18 Å². The van der Waals surface area contributed by atoms with Crippen LogP contribution in [0.1, 0.15) is 10.5 Å². The van der Waals surface area contributed by atoms with Crippen LogP contribution in [-0.2, 0) is 0 Å². The van der Waals surface area contributed by atoms with E-state index in [0.717, 1.165) is 5.56 Å². The molecule has 0 bridgehead atoms. The lowest BCUT2D eigenvalue weighted by atomic mass is 10.1. The highest BCUT2D eigenvalue weighted by Gasteiger charge is 2.15. The first-order valence-electron chi connectivity index (χ1n) is 8.09. The molecule has 1 amide bonds. The van der Waals surface area contributed by atoms with E-state index in [9.17, 15) is 9.18 Å². The molecule has 27 heavy (non-hydrogen) atoms. The molecule has 0 spiro atoms. The van der Waals surface area contributed by atoms with Gasteiger partial charge in [-0.3, -0.25) is 9.78 Å². The van der Waals surface area contributed by atoms with Crippen LogP contribution in [0.2, 0.25) is 0 Å². The average molecular weight is 376 g/mol. The topological polar surface area (TPSA) is 67.8 Å². The minimum Gasteiger partial charge on any atom is -0.320 e. The number of carbonyl (C=O) groups excluding carboxylic acids is 1. The molecule has 0 fully saturated rings. The summed E-state index contributed by atoms with van der Waals surface area (Å²) in [6.45, 7) is 0. The van der Waals surface area contributed by atoms with Crippen LogP contribution in [0.3, 0.4) is 0 Å². The Morgan fingerprint density at radius 1 is 1.00 bits per heavy atom. The average Bonchev–Trinajstić information content (AvgIpc) is 3.19. The number of anilines is 1. The number of amides is 1. The predicted octanol–water partition coefficient (Wildman–Crippen LogP) is 4.66. The molecule has 4 aromatic rings. The zero-order chi connectivity index (χ0) is 18.6. The molecule has 0 saturated carbocycles. The molecule has 0 aliphatic rings. The van der Waals surface area contributed by atoms with E-state index in [2.05, 4.69) is 20.3 Å². The minimum absolute atomic E-state index is 0.220. The summed E-state index contributed by atoms with van der Waals surface area (Å²) in [5.74, 6) is -0.678. The number of hydrogen-bond donors (Lipinski definition) is 1. The highest BCUT2D eigenvalue weighted by molar-refractivity contribution is 7.13. The smallest absolute Gasteiger partial charge is 0.275 e. The van der Waals surface area contributed by atoms with Gasteiger partial charge < -0.3 is 5.32 Å². The Morgan fingerprint density at radius 3 is 2.56 bits per heavy atom. The molecule has 4 rings (SSSR count). The van der Waals surface area contributed by atoms with Gasteiger partial charge in [0.2, 0.25) is 0 Å². The Balaban J connectivity index is 1.66. The molecule has 0 unspecified atom stereocenters. The lowest BCUT2D eigenvalue weighted by molar-refractivity contribution is 0.102. The summed E-state index contributed by atoms with van der Waals surface area (Å²) in [5, 5.41) is 5.26. The van der Waals surface area contributed by atoms with E-state index >= 15 is 0 Å². The molecule has 2 heterocycles. The summed E-state index contributed by atoms with van der Waals surface area (Å²) in [7, 11) is 0. The number of carbonyl (C=O) groups is 1. The molecule has 0 atom stereocenters. The van der Waals surface area contributed by atoms with Crippen molar-refractivity contribution in [3.05, 3.63) is 84.0 Å². The van der Waals surface area contributed by atoms with Crippen molar-refractivity contribution >= 4 is 22.9 Å². The van der Waals surface area contributed by atoms with Gasteiger partial charge in [-0.25, -0.2) is 14.4 Å². The van der Waals surface area contributed by atoms with E-state index in [1.165, 1.54) is 36.0 Å². The van der Waals surface area contributed by atoms with Crippen LogP contribution in [0.15, 0.2) is 72.5 Å². The van der Waals surface area contributed by atoms with Gasteiger partial charge in [0, 0.05) is 28.9 Å². The summed E-state index contributed by atoms with van der Waals surface area (Å²) in [5.41, 5.74) is 2.67. The summed E-state index contributed by atoms with van der Waals surface area (Å²) < 4.78 is 14.0. The molecule has 7 heteroatoms. The molecule has 0 radical (unpaired) electrons. The van der Waals surface area contributed by atoms with Gasteiger partial charge >= 0.3 is 0 Å². The number of hydrogen-bond acceptors (Lipinski definition) is 5. The predicted molar refractivity (Wildman–Crippen MR) is 103 cm³/mol. The molecular formula is C20H13FN4OS. The Labute approximate surface area is 158 Å². The third-order valence-corrected chi connectivity index (χ3v) is 4.73. The number of rotatable bonds is 4. The minimum atomic E-state index is -0.361. The zero-order valence-corrected chi connectivity index (χ0v) is 14.8. The first kappa shape index (κ1) is 17.0. The first-order valence-corrected chi connectivity index (χ1v) is 8.97. The van der Waals surface area contributed by atoms with Crippen LogP contribution < -0.4 is 5.32 Å². The Kier molecular flexibility index (Phi) is 4.67. The second-order valence-corrected chi connectivity index (χ2v) is 6.47. The van der Waals surface area contributed by atoms with E-state index in [1.54, 1.807) is 24.3 Å². The number of thiazole rings is 1. The van der Waals surface area contributed by atoms with Crippen molar-refractivity contribution in [2.24, 2.45) is 0 Å².